The predicted molar refractivity (Wildman–Crippen MR) is 111 cm³/mol. The third-order valence-electron chi connectivity index (χ3n) is 5.19. The maximum Gasteiger partial charge on any atom is 0.251 e. The Kier molecular flexibility index (Phi) is 8.31. The van der Waals surface area contributed by atoms with Gasteiger partial charge in [-0.25, -0.2) is 8.42 Å². The number of ether oxygens (including phenoxy) is 1. The Bertz CT molecular complexity index is 754. The SMILES string of the molecule is CCCCCCNC(=O)c1ccc(OC)c(S(=O)(=O)N2CC(C)CC(C)C2)c1. The molecule has 0 bridgehead atoms. The van der Waals surface area contributed by atoms with Gasteiger partial charge in [-0.2, -0.15) is 4.31 Å². The summed E-state index contributed by atoms with van der Waals surface area (Å²) in [6.07, 6.45) is 5.30. The molecule has 28 heavy (non-hydrogen) atoms. The highest BCUT2D eigenvalue weighted by Crippen LogP contribution is 2.32. The number of rotatable bonds is 9. The molecule has 2 unspecified atom stereocenters. The van der Waals surface area contributed by atoms with Crippen LogP contribution in [0, 0.1) is 11.8 Å². The lowest BCUT2D eigenvalue weighted by Gasteiger charge is -2.34. The average molecular weight is 411 g/mol. The molecule has 0 aliphatic carbocycles. The van der Waals surface area contributed by atoms with E-state index in [1.54, 1.807) is 12.1 Å². The molecule has 7 heteroatoms. The Hall–Kier alpha value is -1.60. The van der Waals surface area contributed by atoms with E-state index in [1.165, 1.54) is 17.5 Å². The Balaban J connectivity index is 2.21. The second kappa shape index (κ2) is 10.3. The standard InChI is InChI=1S/C21H34N2O4S/c1-5-6-7-8-11-22-21(24)18-9-10-19(27-4)20(13-18)28(25,26)23-14-16(2)12-17(3)15-23/h9-10,13,16-17H,5-8,11-12,14-15H2,1-4H3,(H,22,24). The van der Waals surface area contributed by atoms with Gasteiger partial charge in [-0.1, -0.05) is 40.0 Å². The van der Waals surface area contributed by atoms with Gasteiger partial charge < -0.3 is 10.1 Å². The van der Waals surface area contributed by atoms with E-state index in [9.17, 15) is 13.2 Å². The number of amides is 1. The third-order valence-corrected chi connectivity index (χ3v) is 7.05. The molecule has 0 radical (unpaired) electrons. The molecule has 1 aliphatic rings. The van der Waals surface area contributed by atoms with Gasteiger partial charge in [-0.15, -0.1) is 0 Å². The first kappa shape index (κ1) is 22.7. The van der Waals surface area contributed by atoms with Gasteiger partial charge in [0.05, 0.1) is 7.11 Å². The summed E-state index contributed by atoms with van der Waals surface area (Å²) in [5.74, 6) is 0.625. The number of nitrogens with one attached hydrogen (secondary N) is 1. The molecule has 0 spiro atoms. The number of piperidine rings is 1. The number of hydrogen-bond donors (Lipinski definition) is 1. The van der Waals surface area contributed by atoms with E-state index in [4.69, 9.17) is 4.74 Å². The topological polar surface area (TPSA) is 75.7 Å². The van der Waals surface area contributed by atoms with E-state index >= 15 is 0 Å². The normalized spacial score (nSPS) is 20.7. The van der Waals surface area contributed by atoms with Gasteiger partial charge in [0.25, 0.3) is 5.91 Å². The summed E-state index contributed by atoms with van der Waals surface area (Å²) in [5.41, 5.74) is 0.341. The lowest BCUT2D eigenvalue weighted by Crippen LogP contribution is -2.42. The second-order valence-corrected chi connectivity index (χ2v) is 9.86. The Morgan fingerprint density at radius 2 is 1.86 bits per heavy atom. The van der Waals surface area contributed by atoms with Gasteiger partial charge in [0.2, 0.25) is 10.0 Å². The molecule has 6 nitrogen and oxygen atoms in total. The highest BCUT2D eigenvalue weighted by atomic mass is 32.2. The molecule has 1 aromatic carbocycles. The second-order valence-electron chi connectivity index (χ2n) is 7.95. The minimum Gasteiger partial charge on any atom is -0.495 e. The van der Waals surface area contributed by atoms with Crippen LogP contribution in [0.1, 0.15) is 63.2 Å². The molecule has 0 aromatic heterocycles. The third kappa shape index (κ3) is 5.70. The molecule has 1 aromatic rings. The number of nitrogens with zero attached hydrogens (tertiary/aromatic N) is 1. The number of hydrogen-bond acceptors (Lipinski definition) is 4. The number of benzene rings is 1. The Morgan fingerprint density at radius 1 is 1.18 bits per heavy atom. The first-order valence-corrected chi connectivity index (χ1v) is 11.7. The van der Waals surface area contributed by atoms with Gasteiger partial charge in [0, 0.05) is 25.2 Å². The van der Waals surface area contributed by atoms with Gasteiger partial charge in [0.15, 0.2) is 0 Å². The van der Waals surface area contributed by atoms with Crippen LogP contribution in [-0.2, 0) is 10.0 Å². The summed E-state index contributed by atoms with van der Waals surface area (Å²) in [6.45, 7) is 7.85. The van der Waals surface area contributed by atoms with Crippen molar-refractivity contribution in [3.63, 3.8) is 0 Å². The van der Waals surface area contributed by atoms with Crippen LogP contribution >= 0.6 is 0 Å². The van der Waals surface area contributed by atoms with Crippen molar-refractivity contribution in [2.24, 2.45) is 11.8 Å². The van der Waals surface area contributed by atoms with Crippen molar-refractivity contribution in [3.05, 3.63) is 23.8 Å². The number of unbranched alkanes of at least 4 members (excludes halogenated alkanes) is 3. The van der Waals surface area contributed by atoms with Crippen LogP contribution in [-0.4, -0.2) is 45.4 Å². The minimum absolute atomic E-state index is 0.0648. The number of carbonyl (C=O) groups excluding carboxylic acids is 1. The van der Waals surface area contributed by atoms with Crippen LogP contribution in [0.4, 0.5) is 0 Å². The zero-order chi connectivity index (χ0) is 20.7. The van der Waals surface area contributed by atoms with Crippen molar-refractivity contribution < 1.29 is 17.9 Å². The van der Waals surface area contributed by atoms with Crippen molar-refractivity contribution in [2.75, 3.05) is 26.7 Å². The van der Waals surface area contributed by atoms with Gasteiger partial charge >= 0.3 is 0 Å². The first-order valence-electron chi connectivity index (χ1n) is 10.3. The van der Waals surface area contributed by atoms with Crippen LogP contribution < -0.4 is 10.1 Å². The fourth-order valence-corrected chi connectivity index (χ4v) is 5.68. The molecule has 2 rings (SSSR count). The molecule has 1 fully saturated rings. The van der Waals surface area contributed by atoms with Crippen molar-refractivity contribution >= 4 is 15.9 Å². The highest BCUT2D eigenvalue weighted by Gasteiger charge is 2.34. The lowest BCUT2D eigenvalue weighted by atomic mass is 9.94. The van der Waals surface area contributed by atoms with Crippen LogP contribution in [0.25, 0.3) is 0 Å². The van der Waals surface area contributed by atoms with E-state index in [1.807, 2.05) is 0 Å². The molecule has 1 amide bonds. The molecular weight excluding hydrogens is 376 g/mol. The first-order chi connectivity index (χ1) is 13.3. The van der Waals surface area contributed by atoms with Gasteiger partial charge in [-0.3, -0.25) is 4.79 Å². The van der Waals surface area contributed by atoms with Gasteiger partial charge in [0.1, 0.15) is 10.6 Å². The van der Waals surface area contributed by atoms with Crippen LogP contribution in [0.3, 0.4) is 0 Å². The van der Waals surface area contributed by atoms with E-state index in [0.29, 0.717) is 37.0 Å². The van der Waals surface area contributed by atoms with Crippen molar-refractivity contribution in [3.8, 4) is 5.75 Å². The number of carbonyl (C=O) groups is 1. The molecule has 1 saturated heterocycles. The molecule has 1 aliphatic heterocycles. The largest absolute Gasteiger partial charge is 0.495 e. The predicted octanol–water partition coefficient (Wildman–Crippen LogP) is 3.67. The van der Waals surface area contributed by atoms with E-state index in [-0.39, 0.29) is 16.6 Å². The van der Waals surface area contributed by atoms with Crippen LogP contribution in [0.15, 0.2) is 23.1 Å². The number of sulfonamides is 1. The maximum absolute atomic E-state index is 13.3. The molecule has 158 valence electrons. The molecular formula is C21H34N2O4S. The summed E-state index contributed by atoms with van der Waals surface area (Å²) >= 11 is 0. The molecule has 0 saturated carbocycles. The van der Waals surface area contributed by atoms with E-state index in [0.717, 1.165) is 32.1 Å². The smallest absolute Gasteiger partial charge is 0.251 e. The van der Waals surface area contributed by atoms with Gasteiger partial charge in [-0.05, 0) is 42.9 Å². The summed E-state index contributed by atoms with van der Waals surface area (Å²) in [7, 11) is -2.28. The quantitative estimate of drug-likeness (QED) is 0.630. The molecule has 2 atom stereocenters. The Labute approximate surface area is 169 Å². The zero-order valence-electron chi connectivity index (χ0n) is 17.5. The minimum atomic E-state index is -3.73. The van der Waals surface area contributed by atoms with E-state index in [2.05, 4.69) is 26.1 Å². The number of methoxy groups -OCH3 is 1. The summed E-state index contributed by atoms with van der Waals surface area (Å²) in [4.78, 5) is 12.5. The fraction of sp³-hybridized carbons (Fsp3) is 0.667. The van der Waals surface area contributed by atoms with E-state index < -0.39 is 10.0 Å². The summed E-state index contributed by atoms with van der Waals surface area (Å²) in [5, 5.41) is 2.88. The lowest BCUT2D eigenvalue weighted by molar-refractivity contribution is 0.0952. The summed E-state index contributed by atoms with van der Waals surface area (Å²) in [6, 6.07) is 4.62. The fourth-order valence-electron chi connectivity index (χ4n) is 3.82. The molecule has 1 N–H and O–H groups in total. The van der Waals surface area contributed by atoms with Crippen LogP contribution in [0.5, 0.6) is 5.75 Å². The highest BCUT2D eigenvalue weighted by molar-refractivity contribution is 7.89. The van der Waals surface area contributed by atoms with Crippen molar-refractivity contribution in [2.45, 2.75) is 57.8 Å². The zero-order valence-corrected chi connectivity index (χ0v) is 18.3. The van der Waals surface area contributed by atoms with Crippen molar-refractivity contribution in [1.82, 2.24) is 9.62 Å². The average Bonchev–Trinajstić information content (AvgIpc) is 2.66. The molecule has 1 heterocycles. The van der Waals surface area contributed by atoms with Crippen molar-refractivity contribution in [1.29, 1.82) is 0 Å². The van der Waals surface area contributed by atoms with Crippen LogP contribution in [0.2, 0.25) is 0 Å². The monoisotopic (exact) mass is 410 g/mol. The maximum atomic E-state index is 13.3. The Morgan fingerprint density at radius 3 is 2.46 bits per heavy atom. The summed E-state index contributed by atoms with van der Waals surface area (Å²) < 4.78 is 33.4.